The van der Waals surface area contributed by atoms with E-state index >= 15 is 0 Å². The van der Waals surface area contributed by atoms with Gasteiger partial charge in [-0.25, -0.2) is 0 Å². The highest BCUT2D eigenvalue weighted by Crippen LogP contribution is 2.38. The molecule has 0 bridgehead atoms. The van der Waals surface area contributed by atoms with E-state index in [1.54, 1.807) is 7.11 Å². The van der Waals surface area contributed by atoms with Crippen molar-refractivity contribution in [2.45, 2.75) is 12.3 Å². The van der Waals surface area contributed by atoms with Crippen molar-refractivity contribution < 1.29 is 9.53 Å². The summed E-state index contributed by atoms with van der Waals surface area (Å²) in [7, 11) is 3.71. The molecule has 80 valence electrons. The third kappa shape index (κ3) is 1.69. The summed E-state index contributed by atoms with van der Waals surface area (Å²) >= 11 is 0. The maximum absolute atomic E-state index is 10.6. The van der Waals surface area contributed by atoms with E-state index in [0.717, 1.165) is 18.6 Å². The van der Waals surface area contributed by atoms with Crippen molar-refractivity contribution in [3.8, 4) is 5.75 Å². The predicted molar refractivity (Wildman–Crippen MR) is 59.7 cm³/mol. The molecule has 0 saturated heterocycles. The minimum Gasteiger partial charge on any atom is -0.497 e. The Morgan fingerprint density at radius 1 is 1.60 bits per heavy atom. The first-order valence-electron chi connectivity index (χ1n) is 5.09. The van der Waals surface area contributed by atoms with Crippen LogP contribution in [-0.4, -0.2) is 27.0 Å². The van der Waals surface area contributed by atoms with E-state index in [-0.39, 0.29) is 0 Å². The van der Waals surface area contributed by atoms with Crippen LogP contribution in [0.25, 0.3) is 0 Å². The SMILES string of the molecule is COc1ccc2c(c1)C(CC=O)CN2C. The van der Waals surface area contributed by atoms with Gasteiger partial charge in [0.05, 0.1) is 7.11 Å². The minimum absolute atomic E-state index is 0.317. The molecule has 0 fully saturated rings. The molecule has 3 nitrogen and oxygen atoms in total. The van der Waals surface area contributed by atoms with Crippen LogP contribution in [0.3, 0.4) is 0 Å². The molecule has 0 saturated carbocycles. The fraction of sp³-hybridized carbons (Fsp3) is 0.417. The predicted octanol–water partition coefficient (Wildman–Crippen LogP) is 1.82. The molecule has 0 aromatic heterocycles. The number of carbonyl (C=O) groups excluding carboxylic acids is 1. The molecule has 1 aromatic rings. The molecule has 1 aliphatic heterocycles. The lowest BCUT2D eigenvalue weighted by molar-refractivity contribution is -0.108. The highest BCUT2D eigenvalue weighted by molar-refractivity contribution is 5.64. The monoisotopic (exact) mass is 205 g/mol. The van der Waals surface area contributed by atoms with Gasteiger partial charge < -0.3 is 14.4 Å². The summed E-state index contributed by atoms with van der Waals surface area (Å²) in [5.74, 6) is 1.18. The molecule has 1 heterocycles. The Bertz CT molecular complexity index is 376. The molecule has 1 aromatic carbocycles. The van der Waals surface area contributed by atoms with Gasteiger partial charge in [-0.3, -0.25) is 0 Å². The van der Waals surface area contributed by atoms with Crippen molar-refractivity contribution in [2.24, 2.45) is 0 Å². The molecule has 0 radical (unpaired) electrons. The van der Waals surface area contributed by atoms with E-state index in [0.29, 0.717) is 12.3 Å². The quantitative estimate of drug-likeness (QED) is 0.705. The largest absolute Gasteiger partial charge is 0.497 e. The Balaban J connectivity index is 2.37. The third-order valence-electron chi connectivity index (χ3n) is 2.96. The van der Waals surface area contributed by atoms with Crippen molar-refractivity contribution in [1.82, 2.24) is 0 Å². The molecular weight excluding hydrogens is 190 g/mol. The number of benzene rings is 1. The molecule has 1 aliphatic rings. The molecule has 1 unspecified atom stereocenters. The summed E-state index contributed by atoms with van der Waals surface area (Å²) in [6.07, 6.45) is 1.58. The van der Waals surface area contributed by atoms with E-state index < -0.39 is 0 Å². The van der Waals surface area contributed by atoms with Gasteiger partial charge in [0, 0.05) is 31.6 Å². The highest BCUT2D eigenvalue weighted by atomic mass is 16.5. The van der Waals surface area contributed by atoms with Crippen molar-refractivity contribution in [1.29, 1.82) is 0 Å². The van der Waals surface area contributed by atoms with Crippen LogP contribution in [0.2, 0.25) is 0 Å². The first kappa shape index (κ1) is 10.0. The summed E-state index contributed by atoms with van der Waals surface area (Å²) in [5.41, 5.74) is 2.44. The number of aldehydes is 1. The molecule has 0 aliphatic carbocycles. The van der Waals surface area contributed by atoms with Crippen LogP contribution >= 0.6 is 0 Å². The lowest BCUT2D eigenvalue weighted by Crippen LogP contribution is -2.15. The van der Waals surface area contributed by atoms with Gasteiger partial charge in [-0.2, -0.15) is 0 Å². The Labute approximate surface area is 89.7 Å². The van der Waals surface area contributed by atoms with Crippen molar-refractivity contribution >= 4 is 12.0 Å². The molecule has 3 heteroatoms. The number of methoxy groups -OCH3 is 1. The van der Waals surface area contributed by atoms with Crippen LogP contribution in [0.1, 0.15) is 17.9 Å². The van der Waals surface area contributed by atoms with Crippen molar-refractivity contribution in [3.63, 3.8) is 0 Å². The van der Waals surface area contributed by atoms with Crippen LogP contribution in [0.15, 0.2) is 18.2 Å². The Kier molecular flexibility index (Phi) is 2.62. The van der Waals surface area contributed by atoms with Crippen LogP contribution < -0.4 is 9.64 Å². The van der Waals surface area contributed by atoms with Crippen LogP contribution in [-0.2, 0) is 4.79 Å². The fourth-order valence-corrected chi connectivity index (χ4v) is 2.18. The first-order valence-corrected chi connectivity index (χ1v) is 5.09. The number of hydrogen-bond donors (Lipinski definition) is 0. The zero-order chi connectivity index (χ0) is 10.8. The fourth-order valence-electron chi connectivity index (χ4n) is 2.18. The van der Waals surface area contributed by atoms with Gasteiger partial charge in [0.25, 0.3) is 0 Å². The number of hydrogen-bond acceptors (Lipinski definition) is 3. The van der Waals surface area contributed by atoms with E-state index in [4.69, 9.17) is 4.74 Å². The van der Waals surface area contributed by atoms with Crippen LogP contribution in [0.4, 0.5) is 5.69 Å². The molecule has 0 amide bonds. The van der Waals surface area contributed by atoms with Gasteiger partial charge in [0.15, 0.2) is 0 Å². The molecule has 1 atom stereocenters. The number of ether oxygens (including phenoxy) is 1. The van der Waals surface area contributed by atoms with E-state index in [1.807, 2.05) is 12.1 Å². The molecular formula is C12H15NO2. The highest BCUT2D eigenvalue weighted by Gasteiger charge is 2.26. The zero-order valence-corrected chi connectivity index (χ0v) is 9.06. The summed E-state index contributed by atoms with van der Waals surface area (Å²) in [4.78, 5) is 12.8. The Hall–Kier alpha value is -1.51. The average molecular weight is 205 g/mol. The van der Waals surface area contributed by atoms with Crippen LogP contribution in [0, 0.1) is 0 Å². The molecule has 15 heavy (non-hydrogen) atoms. The molecule has 2 rings (SSSR count). The summed E-state index contributed by atoms with van der Waals surface area (Å²) < 4.78 is 5.19. The van der Waals surface area contributed by atoms with E-state index in [2.05, 4.69) is 18.0 Å². The Morgan fingerprint density at radius 2 is 2.40 bits per heavy atom. The number of fused-ring (bicyclic) bond motifs is 1. The second-order valence-electron chi connectivity index (χ2n) is 3.90. The van der Waals surface area contributed by atoms with Gasteiger partial charge in [-0.05, 0) is 23.8 Å². The van der Waals surface area contributed by atoms with Gasteiger partial charge in [0.1, 0.15) is 12.0 Å². The van der Waals surface area contributed by atoms with Crippen LogP contribution in [0.5, 0.6) is 5.75 Å². The third-order valence-corrected chi connectivity index (χ3v) is 2.96. The zero-order valence-electron chi connectivity index (χ0n) is 9.06. The number of nitrogens with zero attached hydrogens (tertiary/aromatic N) is 1. The smallest absolute Gasteiger partial charge is 0.120 e. The normalized spacial score (nSPS) is 18.8. The van der Waals surface area contributed by atoms with Gasteiger partial charge in [-0.1, -0.05) is 0 Å². The second kappa shape index (κ2) is 3.93. The van der Waals surface area contributed by atoms with E-state index in [1.165, 1.54) is 11.3 Å². The number of likely N-dealkylation sites (N-methyl/N-ethyl adjacent to an activating group) is 1. The maximum Gasteiger partial charge on any atom is 0.120 e. The number of rotatable bonds is 3. The second-order valence-corrected chi connectivity index (χ2v) is 3.90. The number of anilines is 1. The van der Waals surface area contributed by atoms with E-state index in [9.17, 15) is 4.79 Å². The molecule has 0 N–H and O–H groups in total. The first-order chi connectivity index (χ1) is 7.26. The lowest BCUT2D eigenvalue weighted by Gasteiger charge is -2.11. The van der Waals surface area contributed by atoms with Crippen molar-refractivity contribution in [2.75, 3.05) is 25.6 Å². The van der Waals surface area contributed by atoms with Gasteiger partial charge >= 0.3 is 0 Å². The van der Waals surface area contributed by atoms with Gasteiger partial charge in [0.2, 0.25) is 0 Å². The molecule has 0 spiro atoms. The lowest BCUT2D eigenvalue weighted by atomic mass is 9.98. The van der Waals surface area contributed by atoms with Gasteiger partial charge in [-0.15, -0.1) is 0 Å². The van der Waals surface area contributed by atoms with Crippen molar-refractivity contribution in [3.05, 3.63) is 23.8 Å². The Morgan fingerprint density at radius 3 is 3.07 bits per heavy atom. The minimum atomic E-state index is 0.317. The summed E-state index contributed by atoms with van der Waals surface area (Å²) in [6.45, 7) is 0.918. The average Bonchev–Trinajstić information content (AvgIpc) is 2.56. The maximum atomic E-state index is 10.6. The summed E-state index contributed by atoms with van der Waals surface area (Å²) in [6, 6.07) is 6.05. The topological polar surface area (TPSA) is 29.5 Å². The summed E-state index contributed by atoms with van der Waals surface area (Å²) in [5, 5.41) is 0. The standard InChI is InChI=1S/C12H15NO2/c1-13-8-9(5-6-14)11-7-10(15-2)3-4-12(11)13/h3-4,6-7,9H,5,8H2,1-2H3. The number of carbonyl (C=O) groups is 1.